The minimum atomic E-state index is -0.589. The summed E-state index contributed by atoms with van der Waals surface area (Å²) in [4.78, 5) is 35.5. The molecule has 0 spiro atoms. The van der Waals surface area contributed by atoms with Crippen molar-refractivity contribution in [1.29, 1.82) is 0 Å². The predicted octanol–water partition coefficient (Wildman–Crippen LogP) is 4.01. The van der Waals surface area contributed by atoms with Crippen molar-refractivity contribution in [1.82, 2.24) is 10.6 Å². The fraction of sp³-hybridized carbons (Fsp3) is 0.292. The molecule has 0 aliphatic heterocycles. The van der Waals surface area contributed by atoms with Crippen LogP contribution in [0.25, 0.3) is 6.08 Å². The van der Waals surface area contributed by atoms with Crippen LogP contribution in [-0.4, -0.2) is 30.1 Å². The van der Waals surface area contributed by atoms with Gasteiger partial charge in [-0.15, -0.1) is 0 Å². The van der Waals surface area contributed by atoms with Gasteiger partial charge in [0.2, 0.25) is 11.8 Å². The quantitative estimate of drug-likeness (QED) is 0.540. The van der Waals surface area contributed by atoms with Crippen LogP contribution in [0.1, 0.15) is 38.3 Å². The number of alkyl carbamates (subject to hydrolysis) is 1. The summed E-state index contributed by atoms with van der Waals surface area (Å²) in [5.41, 5.74) is 1.16. The molecule has 0 saturated carbocycles. The molecule has 0 radical (unpaired) electrons. The largest absolute Gasteiger partial charge is 0.444 e. The summed E-state index contributed by atoms with van der Waals surface area (Å²) >= 11 is 0. The Labute approximate surface area is 187 Å². The summed E-state index contributed by atoms with van der Waals surface area (Å²) in [5, 5.41) is 7.98. The first-order valence-electron chi connectivity index (χ1n) is 10.2. The summed E-state index contributed by atoms with van der Waals surface area (Å²) in [5.74, 6) is -0.993. The van der Waals surface area contributed by atoms with Gasteiger partial charge in [-0.3, -0.25) is 9.59 Å². The predicted molar refractivity (Wildman–Crippen MR) is 121 cm³/mol. The van der Waals surface area contributed by atoms with E-state index in [0.29, 0.717) is 17.8 Å². The average molecular weight is 442 g/mol. The summed E-state index contributed by atoms with van der Waals surface area (Å²) < 4.78 is 18.7. The Hall–Kier alpha value is -3.68. The van der Waals surface area contributed by atoms with Crippen molar-refractivity contribution in [3.05, 3.63) is 71.6 Å². The van der Waals surface area contributed by atoms with E-state index in [-0.39, 0.29) is 24.8 Å². The zero-order chi connectivity index (χ0) is 23.6. The fourth-order valence-electron chi connectivity index (χ4n) is 2.55. The van der Waals surface area contributed by atoms with Crippen molar-refractivity contribution >= 4 is 29.7 Å². The van der Waals surface area contributed by atoms with Crippen molar-refractivity contribution in [3.63, 3.8) is 0 Å². The van der Waals surface area contributed by atoms with E-state index >= 15 is 0 Å². The summed E-state index contributed by atoms with van der Waals surface area (Å²) in [6.45, 7) is 5.77. The Balaban J connectivity index is 1.72. The van der Waals surface area contributed by atoms with Crippen LogP contribution in [0.15, 0.2) is 54.6 Å². The summed E-state index contributed by atoms with van der Waals surface area (Å²) in [6, 6.07) is 13.1. The number of carbonyl (C=O) groups is 3. The van der Waals surface area contributed by atoms with Gasteiger partial charge in [-0.05, 0) is 50.6 Å². The third-order valence-corrected chi connectivity index (χ3v) is 4.05. The molecule has 8 heteroatoms. The number of anilines is 1. The van der Waals surface area contributed by atoms with Crippen LogP contribution in [0.4, 0.5) is 14.9 Å². The van der Waals surface area contributed by atoms with Gasteiger partial charge < -0.3 is 20.7 Å². The van der Waals surface area contributed by atoms with Crippen LogP contribution in [0.3, 0.4) is 0 Å². The van der Waals surface area contributed by atoms with Crippen molar-refractivity contribution < 1.29 is 23.5 Å². The molecule has 0 saturated heterocycles. The molecule has 2 aromatic carbocycles. The van der Waals surface area contributed by atoms with E-state index < -0.39 is 17.5 Å². The zero-order valence-corrected chi connectivity index (χ0v) is 18.4. The molecular formula is C24H28FN3O4. The highest BCUT2D eigenvalue weighted by atomic mass is 19.1. The van der Waals surface area contributed by atoms with E-state index in [2.05, 4.69) is 16.0 Å². The fourth-order valence-corrected chi connectivity index (χ4v) is 2.55. The number of nitrogens with one attached hydrogen (secondary N) is 3. The van der Waals surface area contributed by atoms with E-state index in [1.54, 1.807) is 63.2 Å². The lowest BCUT2D eigenvalue weighted by Crippen LogP contribution is -2.35. The van der Waals surface area contributed by atoms with Crippen LogP contribution >= 0.6 is 0 Å². The standard InChI is InChI=1S/C24H28FN3O4/c1-24(2,3)32-23(31)26-15-14-21(29)27-16-17-8-11-19(12-9-17)28-22(30)13-10-18-6-4-5-7-20(18)25/h4-13H,14-16H2,1-3H3,(H,26,31)(H,27,29)(H,28,30)/b13-10+. The topological polar surface area (TPSA) is 96.5 Å². The average Bonchev–Trinajstić information content (AvgIpc) is 2.71. The van der Waals surface area contributed by atoms with Crippen LogP contribution in [0.5, 0.6) is 0 Å². The number of benzene rings is 2. The molecule has 0 fully saturated rings. The molecule has 0 aliphatic rings. The smallest absolute Gasteiger partial charge is 0.407 e. The second kappa shape index (κ2) is 11.6. The minimum Gasteiger partial charge on any atom is -0.444 e. The van der Waals surface area contributed by atoms with Gasteiger partial charge in [-0.25, -0.2) is 9.18 Å². The lowest BCUT2D eigenvalue weighted by molar-refractivity contribution is -0.121. The van der Waals surface area contributed by atoms with E-state index in [1.807, 2.05) is 0 Å². The molecule has 0 bridgehead atoms. The Morgan fingerprint density at radius 2 is 1.69 bits per heavy atom. The number of ether oxygens (including phenoxy) is 1. The molecule has 0 unspecified atom stereocenters. The molecule has 0 aliphatic carbocycles. The molecule has 170 valence electrons. The molecule has 0 atom stereocenters. The summed E-state index contributed by atoms with van der Waals surface area (Å²) in [7, 11) is 0. The normalized spacial score (nSPS) is 11.1. The van der Waals surface area contributed by atoms with Crippen LogP contribution in [0.2, 0.25) is 0 Å². The molecule has 0 heterocycles. The van der Waals surface area contributed by atoms with Gasteiger partial charge in [-0.2, -0.15) is 0 Å². The molecule has 2 rings (SSSR count). The molecule has 32 heavy (non-hydrogen) atoms. The number of amides is 3. The molecule has 3 N–H and O–H groups in total. The number of carbonyl (C=O) groups excluding carboxylic acids is 3. The third kappa shape index (κ3) is 9.42. The highest BCUT2D eigenvalue weighted by Gasteiger charge is 2.15. The number of rotatable bonds is 8. The van der Waals surface area contributed by atoms with Gasteiger partial charge in [0.1, 0.15) is 11.4 Å². The molecular weight excluding hydrogens is 413 g/mol. The van der Waals surface area contributed by atoms with Crippen LogP contribution < -0.4 is 16.0 Å². The van der Waals surface area contributed by atoms with Crippen molar-refractivity contribution in [3.8, 4) is 0 Å². The zero-order valence-electron chi connectivity index (χ0n) is 18.4. The van der Waals surface area contributed by atoms with Crippen LogP contribution in [-0.2, 0) is 20.9 Å². The van der Waals surface area contributed by atoms with Gasteiger partial charge in [0.25, 0.3) is 0 Å². The lowest BCUT2D eigenvalue weighted by Gasteiger charge is -2.19. The maximum atomic E-state index is 13.6. The number of hydrogen-bond acceptors (Lipinski definition) is 4. The van der Waals surface area contributed by atoms with Crippen molar-refractivity contribution in [2.24, 2.45) is 0 Å². The number of halogens is 1. The van der Waals surface area contributed by atoms with Crippen LogP contribution in [0, 0.1) is 5.82 Å². The van der Waals surface area contributed by atoms with Gasteiger partial charge in [0, 0.05) is 36.8 Å². The third-order valence-electron chi connectivity index (χ3n) is 4.05. The van der Waals surface area contributed by atoms with Gasteiger partial charge >= 0.3 is 6.09 Å². The van der Waals surface area contributed by atoms with Crippen molar-refractivity contribution in [2.75, 3.05) is 11.9 Å². The second-order valence-corrected chi connectivity index (χ2v) is 8.00. The molecule has 0 aromatic heterocycles. The summed E-state index contributed by atoms with van der Waals surface area (Å²) in [6.07, 6.45) is 2.23. The highest BCUT2D eigenvalue weighted by Crippen LogP contribution is 2.11. The molecule has 3 amide bonds. The lowest BCUT2D eigenvalue weighted by atomic mass is 10.2. The maximum absolute atomic E-state index is 13.6. The SMILES string of the molecule is CC(C)(C)OC(=O)NCCC(=O)NCc1ccc(NC(=O)/C=C/c2ccccc2F)cc1. The first kappa shape index (κ1) is 24.6. The van der Waals surface area contributed by atoms with Gasteiger partial charge in [-0.1, -0.05) is 30.3 Å². The molecule has 2 aromatic rings. The Kier molecular flexibility index (Phi) is 8.95. The number of hydrogen-bond donors (Lipinski definition) is 3. The maximum Gasteiger partial charge on any atom is 0.407 e. The van der Waals surface area contributed by atoms with E-state index in [4.69, 9.17) is 4.74 Å². The molecule has 7 nitrogen and oxygen atoms in total. The minimum absolute atomic E-state index is 0.127. The van der Waals surface area contributed by atoms with E-state index in [1.165, 1.54) is 18.2 Å². The second-order valence-electron chi connectivity index (χ2n) is 8.00. The van der Waals surface area contributed by atoms with E-state index in [9.17, 15) is 18.8 Å². The highest BCUT2D eigenvalue weighted by molar-refractivity contribution is 6.01. The van der Waals surface area contributed by atoms with E-state index in [0.717, 1.165) is 5.56 Å². The first-order valence-corrected chi connectivity index (χ1v) is 10.2. The van der Waals surface area contributed by atoms with Crippen molar-refractivity contribution in [2.45, 2.75) is 39.3 Å². The van der Waals surface area contributed by atoms with Gasteiger partial charge in [0.15, 0.2) is 0 Å². The monoisotopic (exact) mass is 441 g/mol. The van der Waals surface area contributed by atoms with Gasteiger partial charge in [0.05, 0.1) is 0 Å². The first-order chi connectivity index (χ1) is 15.1. The Morgan fingerprint density at radius 1 is 1.00 bits per heavy atom. The Morgan fingerprint density at radius 3 is 2.34 bits per heavy atom. The Bertz CT molecular complexity index is 966.